The van der Waals surface area contributed by atoms with Gasteiger partial charge in [-0.2, -0.15) is 0 Å². The van der Waals surface area contributed by atoms with Crippen LogP contribution < -0.4 is 17.2 Å². The Hall–Kier alpha value is -3.14. The molecule has 2 rings (SSSR count). The van der Waals surface area contributed by atoms with Gasteiger partial charge < -0.3 is 36.1 Å². The number of nitrogens with two attached hydrogens (primary N) is 3. The van der Waals surface area contributed by atoms with Gasteiger partial charge in [-0.1, -0.05) is 60.7 Å². The molecule has 2 aromatic rings. The van der Waals surface area contributed by atoms with Crippen molar-refractivity contribution in [1.29, 1.82) is 0 Å². The van der Waals surface area contributed by atoms with E-state index in [1.54, 1.807) is 20.8 Å². The highest BCUT2D eigenvalue weighted by Gasteiger charge is 2.29. The van der Waals surface area contributed by atoms with E-state index in [9.17, 15) is 9.59 Å². The third kappa shape index (κ3) is 10.8. The molecule has 2 aromatic carbocycles. The Balaban J connectivity index is 2.13. The zero-order valence-corrected chi connectivity index (χ0v) is 20.6. The van der Waals surface area contributed by atoms with Crippen LogP contribution in [0, 0.1) is 0 Å². The van der Waals surface area contributed by atoms with E-state index in [1.165, 1.54) is 0 Å². The van der Waals surface area contributed by atoms with Crippen LogP contribution in [0.3, 0.4) is 0 Å². The molecule has 0 aliphatic rings. The van der Waals surface area contributed by atoms with Gasteiger partial charge >= 0.3 is 12.2 Å². The molecule has 192 valence electrons. The summed E-state index contributed by atoms with van der Waals surface area (Å²) < 4.78 is 22.2. The topological polar surface area (TPSA) is 149 Å². The minimum atomic E-state index is -0.930. The van der Waals surface area contributed by atoms with Gasteiger partial charge in [-0.15, -0.1) is 0 Å². The highest BCUT2D eigenvalue weighted by Crippen LogP contribution is 2.20. The van der Waals surface area contributed by atoms with E-state index < -0.39 is 42.2 Å². The summed E-state index contributed by atoms with van der Waals surface area (Å²) in [6.07, 6.45) is -3.29. The number of benzene rings is 2. The van der Waals surface area contributed by atoms with Crippen LogP contribution in [0.5, 0.6) is 0 Å². The van der Waals surface area contributed by atoms with E-state index in [1.807, 2.05) is 60.7 Å². The number of hydrogen-bond acceptors (Lipinski definition) is 8. The van der Waals surface area contributed by atoms with Crippen LogP contribution in [-0.4, -0.2) is 49.3 Å². The predicted molar refractivity (Wildman–Crippen MR) is 132 cm³/mol. The maximum atomic E-state index is 12.4. The molecule has 1 amide bonds. The Morgan fingerprint density at radius 2 is 1.51 bits per heavy atom. The number of rotatable bonds is 12. The molecule has 0 saturated heterocycles. The molecule has 35 heavy (non-hydrogen) atoms. The molecule has 9 nitrogen and oxygen atoms in total. The standard InChI is InChI=1S/C26H37N3O6/c1-26(2,3)35-25(31)33-20(15-21(28)19-12-8-5-9-13-19)17-32-23(16-27)22(34-24(29)30)14-18-10-6-4-7-11-18/h4-13,20-23H,14-17,27-28H2,1-3H3,(H2,29,30). The minimum Gasteiger partial charge on any atom is -0.443 e. The van der Waals surface area contributed by atoms with Gasteiger partial charge in [0.1, 0.15) is 23.9 Å². The van der Waals surface area contributed by atoms with Crippen LogP contribution in [-0.2, 0) is 25.4 Å². The lowest BCUT2D eigenvalue weighted by molar-refractivity contribution is -0.0856. The van der Waals surface area contributed by atoms with E-state index in [0.29, 0.717) is 6.42 Å². The highest BCUT2D eigenvalue weighted by atomic mass is 16.7. The smallest absolute Gasteiger partial charge is 0.443 e. The lowest BCUT2D eigenvalue weighted by Gasteiger charge is -2.29. The summed E-state index contributed by atoms with van der Waals surface area (Å²) in [5.74, 6) is 0. The Bertz CT molecular complexity index is 904. The molecular formula is C26H37N3O6. The van der Waals surface area contributed by atoms with Crippen molar-refractivity contribution in [2.45, 2.75) is 63.6 Å². The van der Waals surface area contributed by atoms with Crippen molar-refractivity contribution in [3.05, 3.63) is 71.8 Å². The number of amides is 1. The summed E-state index contributed by atoms with van der Waals surface area (Å²) in [7, 11) is 0. The summed E-state index contributed by atoms with van der Waals surface area (Å²) in [5, 5.41) is 0. The number of carbonyl (C=O) groups excluding carboxylic acids is 2. The molecular weight excluding hydrogens is 450 g/mol. The molecule has 0 radical (unpaired) electrons. The lowest BCUT2D eigenvalue weighted by atomic mass is 10.0. The third-order valence-electron chi connectivity index (χ3n) is 5.09. The Morgan fingerprint density at radius 3 is 2.06 bits per heavy atom. The first-order chi connectivity index (χ1) is 16.6. The number of primary amides is 1. The minimum absolute atomic E-state index is 0.0327. The lowest BCUT2D eigenvalue weighted by Crippen LogP contribution is -2.43. The Kier molecular flexibility index (Phi) is 11.0. The van der Waals surface area contributed by atoms with Crippen LogP contribution in [0.1, 0.15) is 44.4 Å². The SMILES string of the molecule is CC(C)(C)OC(=O)OC(COC(CN)C(Cc1ccccc1)OC(N)=O)CC(N)c1ccccc1. The van der Waals surface area contributed by atoms with Gasteiger partial charge in [-0.3, -0.25) is 0 Å². The zero-order valence-electron chi connectivity index (χ0n) is 20.6. The summed E-state index contributed by atoms with van der Waals surface area (Å²) in [6.45, 7) is 5.25. The van der Waals surface area contributed by atoms with Crippen LogP contribution in [0.25, 0.3) is 0 Å². The monoisotopic (exact) mass is 487 g/mol. The molecule has 0 aliphatic heterocycles. The molecule has 0 heterocycles. The molecule has 0 fully saturated rings. The molecule has 6 N–H and O–H groups in total. The molecule has 0 aliphatic carbocycles. The highest BCUT2D eigenvalue weighted by molar-refractivity contribution is 5.65. The fraction of sp³-hybridized carbons (Fsp3) is 0.462. The molecule has 0 bridgehead atoms. The van der Waals surface area contributed by atoms with Gasteiger partial charge in [0.15, 0.2) is 0 Å². The first-order valence-electron chi connectivity index (χ1n) is 11.6. The average molecular weight is 488 g/mol. The van der Waals surface area contributed by atoms with E-state index in [0.717, 1.165) is 11.1 Å². The first-order valence-corrected chi connectivity index (χ1v) is 11.6. The fourth-order valence-electron chi connectivity index (χ4n) is 3.48. The summed E-state index contributed by atoms with van der Waals surface area (Å²) in [5.41, 5.74) is 18.7. The molecule has 0 spiro atoms. The van der Waals surface area contributed by atoms with Crippen molar-refractivity contribution < 1.29 is 28.5 Å². The molecule has 9 heteroatoms. The van der Waals surface area contributed by atoms with Crippen molar-refractivity contribution in [3.8, 4) is 0 Å². The Morgan fingerprint density at radius 1 is 0.914 bits per heavy atom. The summed E-state index contributed by atoms with van der Waals surface area (Å²) in [6, 6.07) is 18.5. The summed E-state index contributed by atoms with van der Waals surface area (Å²) >= 11 is 0. The predicted octanol–water partition coefficient (Wildman–Crippen LogP) is 3.45. The fourth-order valence-corrected chi connectivity index (χ4v) is 3.48. The number of ether oxygens (including phenoxy) is 4. The zero-order chi connectivity index (χ0) is 25.8. The Labute approximate surface area is 206 Å². The van der Waals surface area contributed by atoms with E-state index in [2.05, 4.69) is 0 Å². The molecule has 4 atom stereocenters. The maximum Gasteiger partial charge on any atom is 0.509 e. The van der Waals surface area contributed by atoms with Gasteiger partial charge in [-0.25, -0.2) is 9.59 Å². The molecule has 0 aromatic heterocycles. The summed E-state index contributed by atoms with van der Waals surface area (Å²) in [4.78, 5) is 23.9. The largest absolute Gasteiger partial charge is 0.509 e. The molecule has 0 saturated carbocycles. The van der Waals surface area contributed by atoms with Gasteiger partial charge in [0.05, 0.1) is 6.61 Å². The van der Waals surface area contributed by atoms with Gasteiger partial charge in [0.25, 0.3) is 0 Å². The normalized spacial score (nSPS) is 14.9. The molecule has 4 unspecified atom stereocenters. The van der Waals surface area contributed by atoms with Crippen molar-refractivity contribution in [1.82, 2.24) is 0 Å². The second kappa shape index (κ2) is 13.7. The van der Waals surface area contributed by atoms with Crippen LogP contribution in [0.15, 0.2) is 60.7 Å². The van der Waals surface area contributed by atoms with Crippen molar-refractivity contribution in [3.63, 3.8) is 0 Å². The second-order valence-electron chi connectivity index (χ2n) is 9.23. The van der Waals surface area contributed by atoms with Crippen molar-refractivity contribution >= 4 is 12.2 Å². The second-order valence-corrected chi connectivity index (χ2v) is 9.23. The first kappa shape index (κ1) is 28.1. The van der Waals surface area contributed by atoms with Gasteiger partial charge in [0, 0.05) is 25.4 Å². The maximum absolute atomic E-state index is 12.4. The van der Waals surface area contributed by atoms with E-state index in [-0.39, 0.29) is 19.6 Å². The quantitative estimate of drug-likeness (QED) is 0.385. The van der Waals surface area contributed by atoms with E-state index in [4.69, 9.17) is 36.1 Å². The van der Waals surface area contributed by atoms with Crippen LogP contribution >= 0.6 is 0 Å². The number of carbonyl (C=O) groups is 2. The van der Waals surface area contributed by atoms with Crippen LogP contribution in [0.2, 0.25) is 0 Å². The van der Waals surface area contributed by atoms with Crippen molar-refractivity contribution in [2.24, 2.45) is 17.2 Å². The average Bonchev–Trinajstić information content (AvgIpc) is 2.78. The van der Waals surface area contributed by atoms with Gasteiger partial charge in [-0.05, 0) is 31.9 Å². The van der Waals surface area contributed by atoms with Gasteiger partial charge in [0.2, 0.25) is 0 Å². The number of hydrogen-bond donors (Lipinski definition) is 3. The van der Waals surface area contributed by atoms with Crippen LogP contribution in [0.4, 0.5) is 9.59 Å². The third-order valence-corrected chi connectivity index (χ3v) is 5.09. The van der Waals surface area contributed by atoms with Crippen molar-refractivity contribution in [2.75, 3.05) is 13.2 Å². The van der Waals surface area contributed by atoms with E-state index >= 15 is 0 Å².